The summed E-state index contributed by atoms with van der Waals surface area (Å²) in [6.07, 6.45) is 1.13. The fraction of sp³-hybridized carbons (Fsp3) is 0.900. The molecule has 0 saturated carbocycles. The van der Waals surface area contributed by atoms with Crippen LogP contribution in [0.15, 0.2) is 0 Å². The Morgan fingerprint density at radius 1 is 1.43 bits per heavy atom. The monoisotopic (exact) mass is 202 g/mol. The molecule has 0 radical (unpaired) electrons. The smallest absolute Gasteiger partial charge is 0.304 e. The molecular weight excluding hydrogens is 180 g/mol. The molecule has 0 rings (SSSR count). The molecule has 0 heterocycles. The van der Waals surface area contributed by atoms with Gasteiger partial charge in [0.15, 0.2) is 0 Å². The fourth-order valence-corrected chi connectivity index (χ4v) is 1.10. The Kier molecular flexibility index (Phi) is 6.49. The predicted octanol–water partition coefficient (Wildman–Crippen LogP) is 0.766. The maximum atomic E-state index is 10.3. The van der Waals surface area contributed by atoms with Gasteiger partial charge in [0.25, 0.3) is 0 Å². The van der Waals surface area contributed by atoms with E-state index in [4.69, 9.17) is 10.8 Å². The van der Waals surface area contributed by atoms with E-state index < -0.39 is 5.97 Å². The molecule has 1 unspecified atom stereocenters. The van der Waals surface area contributed by atoms with E-state index in [0.717, 1.165) is 13.0 Å². The molecule has 0 aliphatic carbocycles. The van der Waals surface area contributed by atoms with E-state index in [1.54, 1.807) is 0 Å². The molecule has 0 saturated heterocycles. The molecule has 3 N–H and O–H groups in total. The van der Waals surface area contributed by atoms with Crippen LogP contribution in [0.1, 0.15) is 26.7 Å². The van der Waals surface area contributed by atoms with E-state index >= 15 is 0 Å². The van der Waals surface area contributed by atoms with Gasteiger partial charge in [0.2, 0.25) is 0 Å². The van der Waals surface area contributed by atoms with Gasteiger partial charge in [0, 0.05) is 12.6 Å². The zero-order valence-electron chi connectivity index (χ0n) is 9.36. The Balaban J connectivity index is 3.53. The second kappa shape index (κ2) is 6.79. The minimum Gasteiger partial charge on any atom is -0.481 e. The van der Waals surface area contributed by atoms with Crippen molar-refractivity contribution in [1.29, 1.82) is 0 Å². The van der Waals surface area contributed by atoms with Gasteiger partial charge in [-0.2, -0.15) is 0 Å². The average molecular weight is 202 g/mol. The molecule has 0 bridgehead atoms. The van der Waals surface area contributed by atoms with Crippen molar-refractivity contribution in [3.05, 3.63) is 0 Å². The van der Waals surface area contributed by atoms with Crippen LogP contribution in [0, 0.1) is 5.92 Å². The number of hydrogen-bond donors (Lipinski definition) is 2. The van der Waals surface area contributed by atoms with E-state index in [1.165, 1.54) is 0 Å². The first-order valence-electron chi connectivity index (χ1n) is 5.09. The molecule has 0 aliphatic heterocycles. The highest BCUT2D eigenvalue weighted by molar-refractivity contribution is 5.66. The average Bonchev–Trinajstić information content (AvgIpc) is 2.10. The van der Waals surface area contributed by atoms with Crippen LogP contribution in [0.3, 0.4) is 0 Å². The molecule has 0 spiro atoms. The summed E-state index contributed by atoms with van der Waals surface area (Å²) in [6, 6.07) is 0.210. The summed E-state index contributed by atoms with van der Waals surface area (Å²) in [5, 5.41) is 8.48. The van der Waals surface area contributed by atoms with Crippen molar-refractivity contribution in [3.63, 3.8) is 0 Å². The molecule has 0 amide bonds. The Bertz CT molecular complexity index is 172. The minimum atomic E-state index is -0.745. The van der Waals surface area contributed by atoms with Crippen molar-refractivity contribution in [2.24, 2.45) is 11.7 Å². The molecule has 0 aliphatic rings. The van der Waals surface area contributed by atoms with Crippen LogP contribution in [-0.4, -0.2) is 42.2 Å². The molecular formula is C10H22N2O2. The lowest BCUT2D eigenvalue weighted by atomic mass is 10.0. The van der Waals surface area contributed by atoms with Crippen molar-refractivity contribution >= 4 is 5.97 Å². The SMILES string of the molecule is CC(C)C(N)CCN(C)CCC(=O)O. The third kappa shape index (κ3) is 6.86. The summed E-state index contributed by atoms with van der Waals surface area (Å²) in [5.74, 6) is -0.257. The summed E-state index contributed by atoms with van der Waals surface area (Å²) in [6.45, 7) is 5.66. The zero-order valence-corrected chi connectivity index (χ0v) is 9.36. The highest BCUT2D eigenvalue weighted by atomic mass is 16.4. The molecule has 14 heavy (non-hydrogen) atoms. The highest BCUT2D eigenvalue weighted by Gasteiger charge is 2.09. The Morgan fingerprint density at radius 2 is 2.00 bits per heavy atom. The Labute approximate surface area is 86.1 Å². The number of rotatable bonds is 7. The van der Waals surface area contributed by atoms with Gasteiger partial charge in [-0.3, -0.25) is 4.79 Å². The topological polar surface area (TPSA) is 66.6 Å². The van der Waals surface area contributed by atoms with Gasteiger partial charge in [0.05, 0.1) is 6.42 Å². The normalized spacial score (nSPS) is 13.6. The summed E-state index contributed by atoms with van der Waals surface area (Å²) in [4.78, 5) is 12.3. The largest absolute Gasteiger partial charge is 0.481 e. The fourth-order valence-electron chi connectivity index (χ4n) is 1.10. The summed E-state index contributed by atoms with van der Waals surface area (Å²) in [7, 11) is 1.93. The first-order valence-corrected chi connectivity index (χ1v) is 5.09. The molecule has 0 aromatic rings. The van der Waals surface area contributed by atoms with Crippen molar-refractivity contribution in [2.75, 3.05) is 20.1 Å². The molecule has 4 nitrogen and oxygen atoms in total. The molecule has 1 atom stereocenters. The van der Waals surface area contributed by atoms with Crippen LogP contribution < -0.4 is 5.73 Å². The molecule has 4 heteroatoms. The summed E-state index contributed by atoms with van der Waals surface area (Å²) < 4.78 is 0. The van der Waals surface area contributed by atoms with Crippen molar-refractivity contribution < 1.29 is 9.90 Å². The minimum absolute atomic E-state index is 0.202. The number of nitrogens with two attached hydrogens (primary N) is 1. The maximum Gasteiger partial charge on any atom is 0.304 e. The number of hydrogen-bond acceptors (Lipinski definition) is 3. The van der Waals surface area contributed by atoms with Gasteiger partial charge in [-0.15, -0.1) is 0 Å². The van der Waals surface area contributed by atoms with Crippen LogP contribution in [0.25, 0.3) is 0 Å². The third-order valence-electron chi connectivity index (χ3n) is 2.41. The second-order valence-electron chi connectivity index (χ2n) is 4.14. The third-order valence-corrected chi connectivity index (χ3v) is 2.41. The maximum absolute atomic E-state index is 10.3. The van der Waals surface area contributed by atoms with Crippen LogP contribution >= 0.6 is 0 Å². The number of carboxylic acids is 1. The Hall–Kier alpha value is -0.610. The summed E-state index contributed by atoms with van der Waals surface area (Å²) in [5.41, 5.74) is 5.88. The van der Waals surface area contributed by atoms with Crippen LogP contribution in [0.5, 0.6) is 0 Å². The van der Waals surface area contributed by atoms with Gasteiger partial charge in [-0.25, -0.2) is 0 Å². The van der Waals surface area contributed by atoms with Gasteiger partial charge in [-0.1, -0.05) is 13.8 Å². The first kappa shape index (κ1) is 13.4. The number of carbonyl (C=O) groups is 1. The number of nitrogens with zero attached hydrogens (tertiary/aromatic N) is 1. The van der Waals surface area contributed by atoms with Gasteiger partial charge in [-0.05, 0) is 25.9 Å². The lowest BCUT2D eigenvalue weighted by molar-refractivity contribution is -0.137. The molecule has 0 aromatic heterocycles. The van der Waals surface area contributed by atoms with E-state index in [-0.39, 0.29) is 12.5 Å². The Morgan fingerprint density at radius 3 is 2.43 bits per heavy atom. The standard InChI is InChI=1S/C10H22N2O2/c1-8(2)9(11)4-6-12(3)7-5-10(13)14/h8-9H,4-7,11H2,1-3H3,(H,13,14). The van der Waals surface area contributed by atoms with Crippen LogP contribution in [0.4, 0.5) is 0 Å². The van der Waals surface area contributed by atoms with Crippen LogP contribution in [0.2, 0.25) is 0 Å². The van der Waals surface area contributed by atoms with Crippen molar-refractivity contribution in [2.45, 2.75) is 32.7 Å². The lowest BCUT2D eigenvalue weighted by Gasteiger charge is -2.20. The van der Waals surface area contributed by atoms with Crippen molar-refractivity contribution in [1.82, 2.24) is 4.90 Å². The van der Waals surface area contributed by atoms with Gasteiger partial charge in [0.1, 0.15) is 0 Å². The molecule has 0 fully saturated rings. The van der Waals surface area contributed by atoms with Gasteiger partial charge >= 0.3 is 5.97 Å². The van der Waals surface area contributed by atoms with Crippen molar-refractivity contribution in [3.8, 4) is 0 Å². The van der Waals surface area contributed by atoms with E-state index in [9.17, 15) is 4.79 Å². The predicted molar refractivity (Wildman–Crippen MR) is 57.2 cm³/mol. The molecule has 0 aromatic carbocycles. The number of aliphatic carboxylic acids is 1. The lowest BCUT2D eigenvalue weighted by Crippen LogP contribution is -2.32. The molecule has 84 valence electrons. The highest BCUT2D eigenvalue weighted by Crippen LogP contribution is 2.03. The van der Waals surface area contributed by atoms with E-state index in [0.29, 0.717) is 12.5 Å². The second-order valence-corrected chi connectivity index (χ2v) is 4.14. The van der Waals surface area contributed by atoms with E-state index in [2.05, 4.69) is 13.8 Å². The summed E-state index contributed by atoms with van der Waals surface area (Å²) >= 11 is 0. The quantitative estimate of drug-likeness (QED) is 0.640. The van der Waals surface area contributed by atoms with Crippen LogP contribution in [-0.2, 0) is 4.79 Å². The van der Waals surface area contributed by atoms with Gasteiger partial charge < -0.3 is 15.7 Å². The number of carboxylic acid groups (broad SMARTS) is 1. The first-order chi connectivity index (χ1) is 6.43. The van der Waals surface area contributed by atoms with E-state index in [1.807, 2.05) is 11.9 Å². The zero-order chi connectivity index (χ0) is 11.1.